The number of nitrogens with one attached hydrogen (secondary N) is 2. The molecule has 0 radical (unpaired) electrons. The molecule has 1 saturated heterocycles. The molecule has 1 heterocycles. The van der Waals surface area contributed by atoms with Crippen molar-refractivity contribution in [3.05, 3.63) is 59.7 Å². The molecule has 200 valence electrons. The summed E-state index contributed by atoms with van der Waals surface area (Å²) in [4.78, 5) is 38.5. The number of benzene rings is 2. The Labute approximate surface area is 216 Å². The van der Waals surface area contributed by atoms with Gasteiger partial charge < -0.3 is 24.4 Å². The zero-order valence-corrected chi connectivity index (χ0v) is 21.5. The highest BCUT2D eigenvalue weighted by atomic mass is 16.6. The van der Waals surface area contributed by atoms with Crippen LogP contribution >= 0.6 is 0 Å². The first-order valence-corrected chi connectivity index (χ1v) is 12.3. The van der Waals surface area contributed by atoms with E-state index >= 15 is 0 Å². The number of hydrogen-bond donors (Lipinski definition) is 3. The molecule has 0 aliphatic carbocycles. The van der Waals surface area contributed by atoms with Crippen LogP contribution in [0.25, 0.3) is 0 Å². The van der Waals surface area contributed by atoms with Gasteiger partial charge in [-0.3, -0.25) is 14.8 Å². The second-order valence-corrected chi connectivity index (χ2v) is 9.77. The van der Waals surface area contributed by atoms with Crippen LogP contribution < -0.4 is 15.5 Å². The van der Waals surface area contributed by atoms with Gasteiger partial charge in [-0.2, -0.15) is 0 Å². The molecule has 0 aromatic heterocycles. The summed E-state index contributed by atoms with van der Waals surface area (Å²) < 4.78 is 16.6. The molecule has 0 bridgehead atoms. The summed E-state index contributed by atoms with van der Waals surface area (Å²) in [6.07, 6.45) is 0.352. The topological polar surface area (TPSA) is 126 Å². The average Bonchev–Trinajstić information content (AvgIpc) is 2.87. The molecule has 0 unspecified atom stereocenters. The summed E-state index contributed by atoms with van der Waals surface area (Å²) >= 11 is 0. The Hall–Kier alpha value is -3.63. The van der Waals surface area contributed by atoms with Crippen LogP contribution in [0.5, 0.6) is 11.5 Å². The highest BCUT2D eigenvalue weighted by Gasteiger charge is 2.29. The van der Waals surface area contributed by atoms with Crippen molar-refractivity contribution in [1.29, 1.82) is 0 Å². The zero-order chi connectivity index (χ0) is 26.8. The van der Waals surface area contributed by atoms with Gasteiger partial charge in [0, 0.05) is 25.9 Å². The number of rotatable bonds is 9. The maximum Gasteiger partial charge on any atom is 0.408 e. The molecule has 37 heavy (non-hydrogen) atoms. The molecular weight excluding hydrogens is 478 g/mol. The number of amides is 3. The Morgan fingerprint density at radius 2 is 1.54 bits per heavy atom. The normalized spacial score (nSPS) is 14.4. The van der Waals surface area contributed by atoms with Crippen LogP contribution in [-0.4, -0.2) is 66.0 Å². The summed E-state index contributed by atoms with van der Waals surface area (Å²) in [6.45, 7) is 7.21. The molecule has 0 saturated carbocycles. The fourth-order valence-corrected chi connectivity index (χ4v) is 3.76. The molecule has 1 atom stereocenters. The molecule has 1 fully saturated rings. The van der Waals surface area contributed by atoms with E-state index in [1.54, 1.807) is 43.3 Å². The zero-order valence-electron chi connectivity index (χ0n) is 21.5. The van der Waals surface area contributed by atoms with Gasteiger partial charge >= 0.3 is 6.09 Å². The molecule has 10 nitrogen and oxygen atoms in total. The van der Waals surface area contributed by atoms with E-state index in [1.807, 2.05) is 36.4 Å². The quantitative estimate of drug-likeness (QED) is 0.347. The van der Waals surface area contributed by atoms with Crippen LogP contribution in [0.2, 0.25) is 0 Å². The third-order valence-electron chi connectivity index (χ3n) is 5.60. The number of carbonyl (C=O) groups is 3. The van der Waals surface area contributed by atoms with Gasteiger partial charge in [-0.15, -0.1) is 0 Å². The second-order valence-electron chi connectivity index (χ2n) is 9.77. The summed E-state index contributed by atoms with van der Waals surface area (Å²) in [5.74, 6) is 0.643. The Bertz CT molecular complexity index is 1040. The van der Waals surface area contributed by atoms with E-state index in [0.717, 1.165) is 11.1 Å². The van der Waals surface area contributed by atoms with Crippen molar-refractivity contribution in [2.45, 2.75) is 51.7 Å². The smallest absolute Gasteiger partial charge is 0.408 e. The Balaban J connectivity index is 1.62. The first-order chi connectivity index (χ1) is 17.6. The summed E-state index contributed by atoms with van der Waals surface area (Å²) in [6, 6.07) is 13.9. The molecule has 3 N–H and O–H groups in total. The lowest BCUT2D eigenvalue weighted by molar-refractivity contribution is -0.137. The fraction of sp³-hybridized carbons (Fsp3) is 0.444. The van der Waals surface area contributed by atoms with E-state index in [1.165, 1.54) is 0 Å². The predicted octanol–water partition coefficient (Wildman–Crippen LogP) is 3.21. The van der Waals surface area contributed by atoms with E-state index < -0.39 is 23.6 Å². The molecule has 3 rings (SSSR count). The standard InChI is InChI=1S/C27H35N3O7/c1-27(2,3)37-26(33)28-23(25(32)30-14-16-35-17-15-30)18-20-6-11-22(12-7-20)36-21-9-4-19(5-10-21)8-13-24(31)29-34/h4-7,9-12,23,34H,8,13-18H2,1-3H3,(H,28,33)(H,29,31)/t23-/m0/s1. The monoisotopic (exact) mass is 513 g/mol. The van der Waals surface area contributed by atoms with E-state index in [2.05, 4.69) is 5.32 Å². The molecular formula is C27H35N3O7. The lowest BCUT2D eigenvalue weighted by Gasteiger charge is -2.31. The Morgan fingerprint density at radius 3 is 2.08 bits per heavy atom. The van der Waals surface area contributed by atoms with Crippen molar-refractivity contribution in [3.8, 4) is 11.5 Å². The lowest BCUT2D eigenvalue weighted by atomic mass is 10.0. The largest absolute Gasteiger partial charge is 0.457 e. The minimum absolute atomic E-state index is 0.175. The van der Waals surface area contributed by atoms with Crippen LogP contribution in [0.4, 0.5) is 4.79 Å². The highest BCUT2D eigenvalue weighted by Crippen LogP contribution is 2.23. The molecule has 0 spiro atoms. The van der Waals surface area contributed by atoms with Gasteiger partial charge in [-0.1, -0.05) is 24.3 Å². The summed E-state index contributed by atoms with van der Waals surface area (Å²) in [5.41, 5.74) is 2.74. The van der Waals surface area contributed by atoms with Crippen molar-refractivity contribution in [3.63, 3.8) is 0 Å². The van der Waals surface area contributed by atoms with Crippen molar-refractivity contribution >= 4 is 17.9 Å². The number of carbonyl (C=O) groups excluding carboxylic acids is 3. The van der Waals surface area contributed by atoms with Crippen molar-refractivity contribution in [2.24, 2.45) is 0 Å². The first-order valence-electron chi connectivity index (χ1n) is 12.3. The first kappa shape index (κ1) is 27.9. The molecule has 3 amide bonds. The number of morpholine rings is 1. The molecule has 2 aromatic rings. The van der Waals surface area contributed by atoms with Gasteiger partial charge in [0.15, 0.2) is 0 Å². The minimum atomic E-state index is -0.778. The Morgan fingerprint density at radius 1 is 0.973 bits per heavy atom. The van der Waals surface area contributed by atoms with Crippen LogP contribution in [0, 0.1) is 0 Å². The lowest BCUT2D eigenvalue weighted by Crippen LogP contribution is -2.53. The van der Waals surface area contributed by atoms with E-state index in [0.29, 0.717) is 50.6 Å². The number of aryl methyl sites for hydroxylation is 1. The molecule has 1 aliphatic heterocycles. The number of hydroxylamine groups is 1. The number of alkyl carbamates (subject to hydrolysis) is 1. The number of ether oxygens (including phenoxy) is 3. The highest BCUT2D eigenvalue weighted by molar-refractivity contribution is 5.86. The van der Waals surface area contributed by atoms with Crippen molar-refractivity contribution in [1.82, 2.24) is 15.7 Å². The van der Waals surface area contributed by atoms with Gasteiger partial charge in [0.2, 0.25) is 11.8 Å². The summed E-state index contributed by atoms with van der Waals surface area (Å²) in [5, 5.41) is 11.3. The van der Waals surface area contributed by atoms with Gasteiger partial charge in [-0.05, 0) is 62.6 Å². The van der Waals surface area contributed by atoms with Gasteiger partial charge in [0.25, 0.3) is 0 Å². The third kappa shape index (κ3) is 9.40. The number of nitrogens with zero attached hydrogens (tertiary/aromatic N) is 1. The molecule has 1 aliphatic rings. The van der Waals surface area contributed by atoms with Crippen molar-refractivity contribution < 1.29 is 33.8 Å². The van der Waals surface area contributed by atoms with Crippen LogP contribution in [0.1, 0.15) is 38.3 Å². The van der Waals surface area contributed by atoms with Crippen LogP contribution in [-0.2, 0) is 31.9 Å². The number of hydrogen-bond acceptors (Lipinski definition) is 7. The van der Waals surface area contributed by atoms with Crippen LogP contribution in [0.15, 0.2) is 48.5 Å². The van der Waals surface area contributed by atoms with E-state index in [9.17, 15) is 14.4 Å². The van der Waals surface area contributed by atoms with Crippen LogP contribution in [0.3, 0.4) is 0 Å². The minimum Gasteiger partial charge on any atom is -0.457 e. The van der Waals surface area contributed by atoms with Gasteiger partial charge in [-0.25, -0.2) is 10.3 Å². The predicted molar refractivity (Wildman–Crippen MR) is 135 cm³/mol. The van der Waals surface area contributed by atoms with E-state index in [4.69, 9.17) is 19.4 Å². The van der Waals surface area contributed by atoms with Gasteiger partial charge in [0.05, 0.1) is 13.2 Å². The second kappa shape index (κ2) is 13.1. The third-order valence-corrected chi connectivity index (χ3v) is 5.60. The Kier molecular flexibility index (Phi) is 9.87. The molecule has 10 heteroatoms. The van der Waals surface area contributed by atoms with Crippen molar-refractivity contribution in [2.75, 3.05) is 26.3 Å². The summed E-state index contributed by atoms with van der Waals surface area (Å²) in [7, 11) is 0. The molecule has 2 aromatic carbocycles. The fourth-order valence-electron chi connectivity index (χ4n) is 3.76. The average molecular weight is 514 g/mol. The van der Waals surface area contributed by atoms with E-state index in [-0.39, 0.29) is 12.3 Å². The SMILES string of the molecule is CC(C)(C)OC(=O)N[C@@H](Cc1ccc(Oc2ccc(CCC(=O)NO)cc2)cc1)C(=O)N1CCOCC1. The maximum absolute atomic E-state index is 13.2. The maximum atomic E-state index is 13.2. The van der Waals surface area contributed by atoms with Gasteiger partial charge in [0.1, 0.15) is 23.1 Å².